The number of urea groups is 1. The molecule has 0 aromatic carbocycles. The Hall–Kier alpha value is -1.30. The molecule has 19 heavy (non-hydrogen) atoms. The number of carboxylic acid groups (broad SMARTS) is 1. The Morgan fingerprint density at radius 3 is 2.58 bits per heavy atom. The summed E-state index contributed by atoms with van der Waals surface area (Å²) in [5, 5.41) is 14.3. The third-order valence-electron chi connectivity index (χ3n) is 3.68. The molecule has 1 aliphatic carbocycles. The molecule has 1 aliphatic rings. The summed E-state index contributed by atoms with van der Waals surface area (Å²) < 4.78 is 4.87. The molecule has 0 spiro atoms. The van der Waals surface area contributed by atoms with Gasteiger partial charge in [-0.25, -0.2) is 9.59 Å². The molecule has 0 aliphatic heterocycles. The first-order chi connectivity index (χ1) is 8.97. The van der Waals surface area contributed by atoms with Crippen molar-refractivity contribution in [2.75, 3.05) is 20.3 Å². The average molecular weight is 272 g/mol. The van der Waals surface area contributed by atoms with Crippen molar-refractivity contribution < 1.29 is 19.4 Å². The fourth-order valence-corrected chi connectivity index (χ4v) is 2.15. The largest absolute Gasteiger partial charge is 0.480 e. The predicted molar refractivity (Wildman–Crippen MR) is 71.0 cm³/mol. The van der Waals surface area contributed by atoms with Gasteiger partial charge in [-0.05, 0) is 31.1 Å². The maximum Gasteiger partial charge on any atom is 0.326 e. The molecular weight excluding hydrogens is 248 g/mol. The lowest BCUT2D eigenvalue weighted by atomic mass is 9.70. The van der Waals surface area contributed by atoms with Gasteiger partial charge in [0.2, 0.25) is 0 Å². The SMILES string of the molecule is COCCCC(NC(=O)NCC1(C)CCC1)C(=O)O. The van der Waals surface area contributed by atoms with E-state index in [9.17, 15) is 9.59 Å². The van der Waals surface area contributed by atoms with Gasteiger partial charge in [0.15, 0.2) is 0 Å². The lowest BCUT2D eigenvalue weighted by Crippen LogP contribution is -2.49. The molecule has 110 valence electrons. The number of ether oxygens (including phenoxy) is 1. The highest BCUT2D eigenvalue weighted by atomic mass is 16.5. The molecule has 6 heteroatoms. The van der Waals surface area contributed by atoms with Crippen LogP contribution < -0.4 is 10.6 Å². The second-order valence-electron chi connectivity index (χ2n) is 5.52. The summed E-state index contributed by atoms with van der Waals surface area (Å²) in [7, 11) is 1.56. The molecule has 0 heterocycles. The number of carbonyl (C=O) groups excluding carboxylic acids is 1. The van der Waals surface area contributed by atoms with Gasteiger partial charge in [0.05, 0.1) is 0 Å². The van der Waals surface area contributed by atoms with Crippen molar-refractivity contribution in [2.24, 2.45) is 5.41 Å². The summed E-state index contributed by atoms with van der Waals surface area (Å²) in [5.41, 5.74) is 0.187. The van der Waals surface area contributed by atoms with Gasteiger partial charge >= 0.3 is 12.0 Å². The van der Waals surface area contributed by atoms with E-state index in [1.165, 1.54) is 6.42 Å². The molecule has 0 radical (unpaired) electrons. The van der Waals surface area contributed by atoms with Crippen molar-refractivity contribution in [3.8, 4) is 0 Å². The highest BCUT2D eigenvalue weighted by Gasteiger charge is 2.32. The standard InChI is InChI=1S/C13H24N2O4/c1-13(6-4-7-13)9-14-12(18)15-10(11(16)17)5-3-8-19-2/h10H,3-9H2,1-2H3,(H,16,17)(H2,14,15,18). The zero-order chi connectivity index (χ0) is 14.3. The van der Waals surface area contributed by atoms with Crippen LogP contribution in [0.4, 0.5) is 4.79 Å². The zero-order valence-corrected chi connectivity index (χ0v) is 11.7. The number of methoxy groups -OCH3 is 1. The Morgan fingerprint density at radius 2 is 2.11 bits per heavy atom. The average Bonchev–Trinajstić information content (AvgIpc) is 2.33. The zero-order valence-electron chi connectivity index (χ0n) is 11.7. The second-order valence-corrected chi connectivity index (χ2v) is 5.52. The summed E-state index contributed by atoms with van der Waals surface area (Å²) in [6.07, 6.45) is 4.40. The fourth-order valence-electron chi connectivity index (χ4n) is 2.15. The topological polar surface area (TPSA) is 87.7 Å². The van der Waals surface area contributed by atoms with E-state index >= 15 is 0 Å². The minimum Gasteiger partial charge on any atom is -0.480 e. The molecule has 1 unspecified atom stereocenters. The Kier molecular flexibility index (Phi) is 6.08. The van der Waals surface area contributed by atoms with Crippen LogP contribution in [-0.4, -0.2) is 43.4 Å². The quantitative estimate of drug-likeness (QED) is 0.582. The summed E-state index contributed by atoms with van der Waals surface area (Å²) in [4.78, 5) is 22.7. The van der Waals surface area contributed by atoms with E-state index < -0.39 is 18.0 Å². The lowest BCUT2D eigenvalue weighted by Gasteiger charge is -2.38. The molecular formula is C13H24N2O4. The summed E-state index contributed by atoms with van der Waals surface area (Å²) >= 11 is 0. The second kappa shape index (κ2) is 7.33. The van der Waals surface area contributed by atoms with Crippen molar-refractivity contribution in [3.63, 3.8) is 0 Å². The van der Waals surface area contributed by atoms with Crippen molar-refractivity contribution in [3.05, 3.63) is 0 Å². The monoisotopic (exact) mass is 272 g/mol. The van der Waals surface area contributed by atoms with E-state index in [-0.39, 0.29) is 5.41 Å². The van der Waals surface area contributed by atoms with Crippen molar-refractivity contribution in [1.82, 2.24) is 10.6 Å². The van der Waals surface area contributed by atoms with Crippen LogP contribution in [0.1, 0.15) is 39.0 Å². The first-order valence-electron chi connectivity index (χ1n) is 6.73. The van der Waals surface area contributed by atoms with E-state index in [1.807, 2.05) is 0 Å². The molecule has 2 amide bonds. The molecule has 0 aromatic rings. The van der Waals surface area contributed by atoms with Gasteiger partial charge in [0.1, 0.15) is 6.04 Å². The van der Waals surface area contributed by atoms with E-state index in [2.05, 4.69) is 17.6 Å². The highest BCUT2D eigenvalue weighted by molar-refractivity contribution is 5.82. The molecule has 1 fully saturated rings. The van der Waals surface area contributed by atoms with Crippen LogP contribution in [0.5, 0.6) is 0 Å². The van der Waals surface area contributed by atoms with Gasteiger partial charge < -0.3 is 20.5 Å². The van der Waals surface area contributed by atoms with E-state index in [4.69, 9.17) is 9.84 Å². The molecule has 6 nitrogen and oxygen atoms in total. The van der Waals surface area contributed by atoms with Crippen LogP contribution >= 0.6 is 0 Å². The Balaban J connectivity index is 2.27. The maximum absolute atomic E-state index is 11.7. The first-order valence-corrected chi connectivity index (χ1v) is 6.73. The molecule has 1 rings (SSSR count). The van der Waals surface area contributed by atoms with Gasteiger partial charge in [-0.15, -0.1) is 0 Å². The van der Waals surface area contributed by atoms with Crippen molar-refractivity contribution in [1.29, 1.82) is 0 Å². The predicted octanol–water partition coefficient (Wildman–Crippen LogP) is 1.36. The number of carboxylic acids is 1. The number of amides is 2. The van der Waals surface area contributed by atoms with Crippen LogP contribution in [0.25, 0.3) is 0 Å². The minimum absolute atomic E-state index is 0.187. The van der Waals surface area contributed by atoms with Crippen LogP contribution in [0.15, 0.2) is 0 Å². The fraction of sp³-hybridized carbons (Fsp3) is 0.846. The number of hydrogen-bond donors (Lipinski definition) is 3. The Bertz CT molecular complexity index is 316. The third-order valence-corrected chi connectivity index (χ3v) is 3.68. The Labute approximate surface area is 113 Å². The van der Waals surface area contributed by atoms with Crippen LogP contribution in [-0.2, 0) is 9.53 Å². The van der Waals surface area contributed by atoms with Gasteiger partial charge in [0.25, 0.3) is 0 Å². The van der Waals surface area contributed by atoms with E-state index in [0.717, 1.165) is 12.8 Å². The Morgan fingerprint density at radius 1 is 1.42 bits per heavy atom. The van der Waals surface area contributed by atoms with Crippen LogP contribution in [0.2, 0.25) is 0 Å². The van der Waals surface area contributed by atoms with Crippen molar-refractivity contribution in [2.45, 2.75) is 45.1 Å². The maximum atomic E-state index is 11.7. The number of rotatable bonds is 8. The highest BCUT2D eigenvalue weighted by Crippen LogP contribution is 2.39. The van der Waals surface area contributed by atoms with Gasteiger partial charge in [-0.3, -0.25) is 0 Å². The lowest BCUT2D eigenvalue weighted by molar-refractivity contribution is -0.139. The van der Waals surface area contributed by atoms with Gasteiger partial charge in [-0.1, -0.05) is 13.3 Å². The third kappa shape index (κ3) is 5.46. The summed E-state index contributed by atoms with van der Waals surface area (Å²) in [6, 6.07) is -1.26. The van der Waals surface area contributed by atoms with Gasteiger partial charge in [-0.2, -0.15) is 0 Å². The molecule has 3 N–H and O–H groups in total. The number of nitrogens with one attached hydrogen (secondary N) is 2. The molecule has 0 saturated heterocycles. The minimum atomic E-state index is -1.01. The van der Waals surface area contributed by atoms with Crippen LogP contribution in [0.3, 0.4) is 0 Å². The van der Waals surface area contributed by atoms with E-state index in [0.29, 0.717) is 26.0 Å². The molecule has 1 saturated carbocycles. The number of hydrogen-bond acceptors (Lipinski definition) is 3. The number of aliphatic carboxylic acids is 1. The first kappa shape index (κ1) is 15.8. The summed E-state index contributed by atoms with van der Waals surface area (Å²) in [5.74, 6) is -1.01. The molecule has 1 atom stereocenters. The van der Waals surface area contributed by atoms with E-state index in [1.54, 1.807) is 7.11 Å². The molecule has 0 bridgehead atoms. The summed E-state index contributed by atoms with van der Waals surface area (Å²) in [6.45, 7) is 3.22. The molecule has 0 aromatic heterocycles. The van der Waals surface area contributed by atoms with Gasteiger partial charge in [0, 0.05) is 20.3 Å². The number of carbonyl (C=O) groups is 2. The van der Waals surface area contributed by atoms with Crippen LogP contribution in [0, 0.1) is 5.41 Å². The normalized spacial score (nSPS) is 18.2. The smallest absolute Gasteiger partial charge is 0.326 e. The van der Waals surface area contributed by atoms with Crippen molar-refractivity contribution >= 4 is 12.0 Å².